The first kappa shape index (κ1) is 11.6. The minimum Gasteiger partial charge on any atom is -0.384 e. The molecular formula is C13H18N2. The third kappa shape index (κ3) is 4.03. The molecule has 0 bridgehead atoms. The number of unbranched alkanes of at least 4 members (excludes halogenated alkanes) is 1. The van der Waals surface area contributed by atoms with E-state index in [-0.39, 0.29) is 0 Å². The topological polar surface area (TPSA) is 35.8 Å². The van der Waals surface area contributed by atoms with Crippen LogP contribution in [0.1, 0.15) is 31.7 Å². The van der Waals surface area contributed by atoms with Crippen molar-refractivity contribution in [2.45, 2.75) is 32.6 Å². The largest absolute Gasteiger partial charge is 0.384 e. The number of nitrogens with zero attached hydrogens (tertiary/aromatic N) is 1. The molecule has 0 fully saturated rings. The predicted octanol–water partition coefficient (Wildman–Crippen LogP) is 3.35. The zero-order valence-electron chi connectivity index (χ0n) is 9.29. The highest BCUT2D eigenvalue weighted by atomic mass is 14.9. The lowest BCUT2D eigenvalue weighted by molar-refractivity contribution is 0.795. The monoisotopic (exact) mass is 202 g/mol. The molecule has 0 aromatic heterocycles. The molecule has 0 atom stereocenters. The summed E-state index contributed by atoms with van der Waals surface area (Å²) in [5.74, 6) is 0. The number of aryl methyl sites for hydroxylation is 1. The lowest BCUT2D eigenvalue weighted by Crippen LogP contribution is -2.03. The van der Waals surface area contributed by atoms with Gasteiger partial charge in [0.1, 0.15) is 0 Å². The number of hydrogen-bond donors (Lipinski definition) is 1. The molecule has 0 saturated heterocycles. The van der Waals surface area contributed by atoms with E-state index in [0.29, 0.717) is 6.42 Å². The summed E-state index contributed by atoms with van der Waals surface area (Å²) in [7, 11) is 0. The Morgan fingerprint density at radius 3 is 2.87 bits per heavy atom. The molecule has 0 heterocycles. The number of benzene rings is 1. The molecule has 1 aromatic rings. The highest BCUT2D eigenvalue weighted by molar-refractivity contribution is 5.51. The summed E-state index contributed by atoms with van der Waals surface area (Å²) >= 11 is 0. The van der Waals surface area contributed by atoms with Gasteiger partial charge in [-0.1, -0.05) is 31.5 Å². The Balaban J connectivity index is 2.56. The Morgan fingerprint density at radius 1 is 1.33 bits per heavy atom. The number of anilines is 1. The average molecular weight is 202 g/mol. The number of hydrogen-bond acceptors (Lipinski definition) is 2. The van der Waals surface area contributed by atoms with Crippen molar-refractivity contribution >= 4 is 5.69 Å². The highest BCUT2D eigenvalue weighted by Gasteiger charge is 1.99. The zero-order valence-corrected chi connectivity index (χ0v) is 9.29. The molecule has 0 aliphatic rings. The van der Waals surface area contributed by atoms with Crippen molar-refractivity contribution in [2.75, 3.05) is 11.9 Å². The number of para-hydroxylation sites is 1. The molecule has 0 saturated carbocycles. The van der Waals surface area contributed by atoms with Gasteiger partial charge in [-0.05, 0) is 24.5 Å². The molecule has 15 heavy (non-hydrogen) atoms. The summed E-state index contributed by atoms with van der Waals surface area (Å²) in [4.78, 5) is 0. The third-order valence-corrected chi connectivity index (χ3v) is 2.37. The van der Waals surface area contributed by atoms with Gasteiger partial charge in [-0.25, -0.2) is 0 Å². The second kappa shape index (κ2) is 6.89. The van der Waals surface area contributed by atoms with Crippen LogP contribution in [-0.4, -0.2) is 6.54 Å². The van der Waals surface area contributed by atoms with E-state index < -0.39 is 0 Å². The summed E-state index contributed by atoms with van der Waals surface area (Å²) in [5.41, 5.74) is 2.54. The molecule has 2 heteroatoms. The van der Waals surface area contributed by atoms with E-state index in [2.05, 4.69) is 36.5 Å². The van der Waals surface area contributed by atoms with Crippen molar-refractivity contribution in [1.82, 2.24) is 0 Å². The molecule has 1 rings (SSSR count). The zero-order chi connectivity index (χ0) is 10.9. The second-order valence-corrected chi connectivity index (χ2v) is 3.60. The maximum atomic E-state index is 8.46. The normalized spacial score (nSPS) is 9.60. The van der Waals surface area contributed by atoms with Crippen LogP contribution in [0, 0.1) is 11.3 Å². The lowest BCUT2D eigenvalue weighted by atomic mass is 10.1. The Hall–Kier alpha value is -1.49. The molecular weight excluding hydrogens is 184 g/mol. The average Bonchev–Trinajstić information content (AvgIpc) is 2.28. The highest BCUT2D eigenvalue weighted by Crippen LogP contribution is 2.17. The second-order valence-electron chi connectivity index (χ2n) is 3.60. The summed E-state index contributed by atoms with van der Waals surface area (Å²) < 4.78 is 0. The van der Waals surface area contributed by atoms with Gasteiger partial charge in [0.25, 0.3) is 0 Å². The Kier molecular flexibility index (Phi) is 5.32. The van der Waals surface area contributed by atoms with Crippen molar-refractivity contribution in [2.24, 2.45) is 0 Å². The van der Waals surface area contributed by atoms with Gasteiger partial charge in [-0.15, -0.1) is 0 Å². The fourth-order valence-corrected chi connectivity index (χ4v) is 1.53. The first-order valence-electron chi connectivity index (χ1n) is 5.57. The predicted molar refractivity (Wildman–Crippen MR) is 63.8 cm³/mol. The van der Waals surface area contributed by atoms with Crippen LogP contribution >= 0.6 is 0 Å². The van der Waals surface area contributed by atoms with Gasteiger partial charge in [0, 0.05) is 12.2 Å². The summed E-state index contributed by atoms with van der Waals surface area (Å²) in [6, 6.07) is 10.5. The molecule has 80 valence electrons. The molecule has 0 aliphatic carbocycles. The van der Waals surface area contributed by atoms with Crippen LogP contribution in [0.15, 0.2) is 24.3 Å². The van der Waals surface area contributed by atoms with E-state index in [9.17, 15) is 0 Å². The molecule has 1 aromatic carbocycles. The van der Waals surface area contributed by atoms with Gasteiger partial charge in [-0.2, -0.15) is 5.26 Å². The van der Waals surface area contributed by atoms with Crippen molar-refractivity contribution < 1.29 is 0 Å². The van der Waals surface area contributed by atoms with Gasteiger partial charge < -0.3 is 5.32 Å². The fourth-order valence-electron chi connectivity index (χ4n) is 1.53. The quantitative estimate of drug-likeness (QED) is 0.718. The van der Waals surface area contributed by atoms with Crippen molar-refractivity contribution in [3.05, 3.63) is 29.8 Å². The third-order valence-electron chi connectivity index (χ3n) is 2.37. The first-order chi connectivity index (χ1) is 7.38. The van der Waals surface area contributed by atoms with E-state index in [1.807, 2.05) is 6.07 Å². The van der Waals surface area contributed by atoms with Gasteiger partial charge in [0.05, 0.1) is 12.5 Å². The van der Waals surface area contributed by atoms with E-state index in [1.165, 1.54) is 24.1 Å². The smallest absolute Gasteiger partial charge is 0.0640 e. The van der Waals surface area contributed by atoms with E-state index in [0.717, 1.165) is 13.0 Å². The Labute approximate surface area is 91.9 Å². The van der Waals surface area contributed by atoms with Crippen LogP contribution in [-0.2, 0) is 6.42 Å². The SMILES string of the molecule is CCCCc1ccccc1NCCC#N. The van der Waals surface area contributed by atoms with E-state index in [4.69, 9.17) is 5.26 Å². The standard InChI is InChI=1S/C13H18N2/c1-2-3-7-12-8-4-5-9-13(12)15-11-6-10-14/h4-5,8-9,15H,2-3,6-7,11H2,1H3. The van der Waals surface area contributed by atoms with Crippen LogP contribution in [0.4, 0.5) is 5.69 Å². The van der Waals surface area contributed by atoms with Gasteiger partial charge in [-0.3, -0.25) is 0 Å². The fraction of sp³-hybridized carbons (Fsp3) is 0.462. The molecule has 2 nitrogen and oxygen atoms in total. The van der Waals surface area contributed by atoms with Crippen LogP contribution < -0.4 is 5.32 Å². The summed E-state index contributed by atoms with van der Waals surface area (Å²) in [6.45, 7) is 2.94. The molecule has 0 aliphatic heterocycles. The van der Waals surface area contributed by atoms with Gasteiger partial charge in [0.15, 0.2) is 0 Å². The lowest BCUT2D eigenvalue weighted by Gasteiger charge is -2.10. The van der Waals surface area contributed by atoms with Crippen molar-refractivity contribution in [3.8, 4) is 6.07 Å². The molecule has 1 N–H and O–H groups in total. The molecule has 0 spiro atoms. The van der Waals surface area contributed by atoms with E-state index in [1.54, 1.807) is 0 Å². The van der Waals surface area contributed by atoms with Gasteiger partial charge in [0.2, 0.25) is 0 Å². The Bertz CT molecular complexity index is 326. The van der Waals surface area contributed by atoms with E-state index >= 15 is 0 Å². The van der Waals surface area contributed by atoms with Crippen LogP contribution in [0.2, 0.25) is 0 Å². The maximum absolute atomic E-state index is 8.46. The number of rotatable bonds is 6. The Morgan fingerprint density at radius 2 is 2.13 bits per heavy atom. The maximum Gasteiger partial charge on any atom is 0.0640 e. The minimum atomic E-state index is 0.558. The summed E-state index contributed by atoms with van der Waals surface area (Å²) in [6.07, 6.45) is 4.11. The van der Waals surface area contributed by atoms with Crippen molar-refractivity contribution in [1.29, 1.82) is 5.26 Å². The van der Waals surface area contributed by atoms with Crippen molar-refractivity contribution in [3.63, 3.8) is 0 Å². The summed E-state index contributed by atoms with van der Waals surface area (Å²) in [5, 5.41) is 11.8. The first-order valence-corrected chi connectivity index (χ1v) is 5.57. The number of nitrogens with one attached hydrogen (secondary N) is 1. The van der Waals surface area contributed by atoms with Crippen LogP contribution in [0.5, 0.6) is 0 Å². The van der Waals surface area contributed by atoms with Crippen LogP contribution in [0.25, 0.3) is 0 Å². The minimum absolute atomic E-state index is 0.558. The number of nitriles is 1. The van der Waals surface area contributed by atoms with Crippen LogP contribution in [0.3, 0.4) is 0 Å². The van der Waals surface area contributed by atoms with Gasteiger partial charge >= 0.3 is 0 Å². The molecule has 0 unspecified atom stereocenters. The molecule has 0 amide bonds. The molecule has 0 radical (unpaired) electrons.